The largest absolute Gasteiger partial charge is 0.394 e. The summed E-state index contributed by atoms with van der Waals surface area (Å²) in [6, 6.07) is 0. The molecule has 0 aromatic rings. The van der Waals surface area contributed by atoms with Crippen LogP contribution in [0.2, 0.25) is 0 Å². The zero-order valence-electron chi connectivity index (χ0n) is 24.6. The highest BCUT2D eigenvalue weighted by atomic mass is 19.1. The first-order chi connectivity index (χ1) is 19.2. The molecule has 0 bridgehead atoms. The normalized spacial score (nSPS) is 50.0. The van der Waals surface area contributed by atoms with Crippen LogP contribution in [0.4, 0.5) is 4.39 Å². The number of ether oxygens (including phenoxy) is 2. The van der Waals surface area contributed by atoms with Gasteiger partial charge in [-0.05, 0) is 107 Å². The van der Waals surface area contributed by atoms with Gasteiger partial charge in [0.05, 0.1) is 12.7 Å². The van der Waals surface area contributed by atoms with E-state index in [4.69, 9.17) is 9.47 Å². The van der Waals surface area contributed by atoms with Crippen molar-refractivity contribution in [2.75, 3.05) is 13.2 Å². The number of likely N-dealkylation sites (tertiary alicyclic amines) is 1. The number of carbonyl (C=O) groups excluding carboxylic acids is 1. The third-order valence-corrected chi connectivity index (χ3v) is 12.8. The lowest BCUT2D eigenvalue weighted by Gasteiger charge is -2.64. The molecule has 0 aromatic heterocycles. The van der Waals surface area contributed by atoms with Gasteiger partial charge in [-0.2, -0.15) is 0 Å². The molecular weight excluding hydrogens is 513 g/mol. The van der Waals surface area contributed by atoms with E-state index < -0.39 is 37.4 Å². The van der Waals surface area contributed by atoms with Crippen molar-refractivity contribution in [3.8, 4) is 0 Å². The first-order valence-electron chi connectivity index (χ1n) is 16.4. The van der Waals surface area contributed by atoms with Gasteiger partial charge in [-0.3, -0.25) is 4.79 Å². The van der Waals surface area contributed by atoms with Gasteiger partial charge in [0.15, 0.2) is 12.5 Å². The standard InChI is InChI=1S/C32H52FNO6/c1-31-14-12-21(39-30-26(33)28(37)27(36)25(18-35)40-30)17-20(31)10-11-22-23(31)13-15-32(2)24(22)9-6-16-34(32)29(38)19-7-4-3-5-8-19/h19-28,30,35-37H,3-18H2,1-2H3/t20?,21-,22?,23+,24+,25-,26-,27-,28-,30-,31+,32+/m1/s1. The molecule has 4 saturated carbocycles. The highest BCUT2D eigenvalue weighted by Crippen LogP contribution is 2.63. The molecule has 2 unspecified atom stereocenters. The second-order valence-electron chi connectivity index (χ2n) is 14.7. The predicted octanol–water partition coefficient (Wildman–Crippen LogP) is 4.35. The van der Waals surface area contributed by atoms with Gasteiger partial charge >= 0.3 is 0 Å². The van der Waals surface area contributed by atoms with E-state index in [1.807, 2.05) is 0 Å². The summed E-state index contributed by atoms with van der Waals surface area (Å²) in [5.74, 6) is 3.04. The van der Waals surface area contributed by atoms with E-state index in [0.717, 1.165) is 57.9 Å². The van der Waals surface area contributed by atoms with Crippen LogP contribution in [0.5, 0.6) is 0 Å². The maximum atomic E-state index is 14.8. The maximum Gasteiger partial charge on any atom is 0.226 e. The van der Waals surface area contributed by atoms with Crippen molar-refractivity contribution in [1.82, 2.24) is 4.90 Å². The predicted molar refractivity (Wildman–Crippen MR) is 148 cm³/mol. The van der Waals surface area contributed by atoms with Crippen LogP contribution in [0.15, 0.2) is 0 Å². The lowest BCUT2D eigenvalue weighted by molar-refractivity contribution is -0.303. The fraction of sp³-hybridized carbons (Fsp3) is 0.969. The van der Waals surface area contributed by atoms with Gasteiger partial charge < -0.3 is 29.7 Å². The molecule has 228 valence electrons. The van der Waals surface area contributed by atoms with Crippen molar-refractivity contribution < 1.29 is 34.0 Å². The molecule has 2 heterocycles. The molecule has 0 spiro atoms. The van der Waals surface area contributed by atoms with Crippen molar-refractivity contribution in [2.24, 2.45) is 35.0 Å². The Morgan fingerprint density at radius 1 is 0.950 bits per heavy atom. The van der Waals surface area contributed by atoms with Crippen LogP contribution in [0.25, 0.3) is 0 Å². The minimum atomic E-state index is -1.84. The first kappa shape index (κ1) is 29.3. The second-order valence-corrected chi connectivity index (χ2v) is 14.7. The molecule has 4 aliphatic carbocycles. The minimum Gasteiger partial charge on any atom is -0.394 e. The zero-order chi connectivity index (χ0) is 28.2. The summed E-state index contributed by atoms with van der Waals surface area (Å²) in [5, 5.41) is 29.6. The molecule has 0 radical (unpaired) electrons. The van der Waals surface area contributed by atoms with Crippen molar-refractivity contribution >= 4 is 5.91 Å². The molecule has 3 N–H and O–H groups in total. The van der Waals surface area contributed by atoms with Crippen LogP contribution in [-0.4, -0.2) is 81.7 Å². The number of alkyl halides is 1. The molecule has 8 heteroatoms. The summed E-state index contributed by atoms with van der Waals surface area (Å²) in [5.41, 5.74) is 0.201. The molecule has 0 aromatic carbocycles. The first-order valence-corrected chi connectivity index (χ1v) is 16.4. The highest BCUT2D eigenvalue weighted by molar-refractivity contribution is 5.80. The Morgan fingerprint density at radius 2 is 1.73 bits per heavy atom. The molecule has 2 aliphatic heterocycles. The number of halogens is 1. The lowest BCUT2D eigenvalue weighted by atomic mass is 9.45. The molecule has 2 saturated heterocycles. The number of carbonyl (C=O) groups is 1. The summed E-state index contributed by atoms with van der Waals surface area (Å²) < 4.78 is 26.5. The third-order valence-electron chi connectivity index (χ3n) is 12.8. The Bertz CT molecular complexity index is 914. The van der Waals surface area contributed by atoms with E-state index in [1.165, 1.54) is 38.5 Å². The number of aliphatic hydroxyl groups is 3. The van der Waals surface area contributed by atoms with Crippen LogP contribution in [-0.2, 0) is 14.3 Å². The molecule has 6 fully saturated rings. The lowest BCUT2D eigenvalue weighted by Crippen LogP contribution is -2.65. The number of rotatable bonds is 4. The number of hydrogen-bond acceptors (Lipinski definition) is 6. The molecule has 6 aliphatic rings. The van der Waals surface area contributed by atoms with Crippen LogP contribution >= 0.6 is 0 Å². The zero-order valence-corrected chi connectivity index (χ0v) is 24.6. The molecule has 40 heavy (non-hydrogen) atoms. The molecular formula is C32H52FNO6. The maximum absolute atomic E-state index is 14.8. The van der Waals surface area contributed by atoms with Crippen LogP contribution in [0.3, 0.4) is 0 Å². The van der Waals surface area contributed by atoms with Crippen molar-refractivity contribution in [3.05, 3.63) is 0 Å². The van der Waals surface area contributed by atoms with Crippen LogP contribution in [0, 0.1) is 35.0 Å². The molecule has 7 nitrogen and oxygen atoms in total. The molecule has 6 rings (SSSR count). The summed E-state index contributed by atoms with van der Waals surface area (Å²) in [4.78, 5) is 16.2. The fourth-order valence-electron chi connectivity index (χ4n) is 10.5. The number of fused-ring (bicyclic) bond motifs is 5. The average molecular weight is 566 g/mol. The topological polar surface area (TPSA) is 99.5 Å². The smallest absolute Gasteiger partial charge is 0.226 e. The Morgan fingerprint density at radius 3 is 2.48 bits per heavy atom. The highest BCUT2D eigenvalue weighted by Gasteiger charge is 2.60. The van der Waals surface area contributed by atoms with Crippen molar-refractivity contribution in [3.63, 3.8) is 0 Å². The Balaban J connectivity index is 1.12. The van der Waals surface area contributed by atoms with E-state index >= 15 is 0 Å². The van der Waals surface area contributed by atoms with Crippen molar-refractivity contribution in [2.45, 2.75) is 146 Å². The quantitative estimate of drug-likeness (QED) is 0.439. The summed E-state index contributed by atoms with van der Waals surface area (Å²) >= 11 is 0. The van der Waals surface area contributed by atoms with Gasteiger partial charge in [-0.1, -0.05) is 26.2 Å². The van der Waals surface area contributed by atoms with E-state index in [1.54, 1.807) is 0 Å². The van der Waals surface area contributed by atoms with E-state index in [9.17, 15) is 24.5 Å². The Kier molecular flexibility index (Phi) is 8.32. The van der Waals surface area contributed by atoms with Gasteiger partial charge in [0, 0.05) is 18.0 Å². The number of amides is 1. The van der Waals surface area contributed by atoms with Gasteiger partial charge in [-0.15, -0.1) is 0 Å². The van der Waals surface area contributed by atoms with Crippen LogP contribution < -0.4 is 0 Å². The van der Waals surface area contributed by atoms with E-state index in [0.29, 0.717) is 29.6 Å². The Hall–Kier alpha value is -0.800. The third kappa shape index (κ3) is 4.86. The van der Waals surface area contributed by atoms with Crippen molar-refractivity contribution in [1.29, 1.82) is 0 Å². The summed E-state index contributed by atoms with van der Waals surface area (Å²) in [6.45, 7) is 5.33. The van der Waals surface area contributed by atoms with Gasteiger partial charge in [0.1, 0.15) is 18.3 Å². The number of nitrogens with zero attached hydrogens (tertiary/aromatic N) is 1. The average Bonchev–Trinajstić information content (AvgIpc) is 2.97. The monoisotopic (exact) mass is 565 g/mol. The number of hydrogen-bond donors (Lipinski definition) is 3. The SMILES string of the molecule is C[C@]12CC[C@@H](O[C@@H]3O[C@H](CO)[C@@H](O)[C@H](O)[C@H]3F)CC1CCC1[C@@H]2CC[C@@]2(C)[C@H]1CCCN2C(=O)C1CCCCC1. The Labute approximate surface area is 239 Å². The minimum absolute atomic E-state index is 0.0133. The van der Waals surface area contributed by atoms with Crippen LogP contribution in [0.1, 0.15) is 104 Å². The van der Waals surface area contributed by atoms with E-state index in [-0.39, 0.29) is 23.0 Å². The summed E-state index contributed by atoms with van der Waals surface area (Å²) in [6.07, 6.45) is 8.03. The summed E-state index contributed by atoms with van der Waals surface area (Å²) in [7, 11) is 0. The van der Waals surface area contributed by atoms with E-state index in [2.05, 4.69) is 18.7 Å². The fourth-order valence-corrected chi connectivity index (χ4v) is 10.5. The van der Waals surface area contributed by atoms with Gasteiger partial charge in [0.25, 0.3) is 0 Å². The molecule has 12 atom stereocenters. The number of aliphatic hydroxyl groups excluding tert-OH is 3. The van der Waals surface area contributed by atoms with Gasteiger partial charge in [0.2, 0.25) is 5.91 Å². The number of piperidine rings is 1. The molecule has 1 amide bonds. The second kappa shape index (κ2) is 11.4. The van der Waals surface area contributed by atoms with Gasteiger partial charge in [-0.25, -0.2) is 4.39 Å².